The lowest BCUT2D eigenvalue weighted by Crippen LogP contribution is -2.27. The number of nitrogens with two attached hydrogens (primary N) is 1. The second-order valence-corrected chi connectivity index (χ2v) is 14.9. The summed E-state index contributed by atoms with van der Waals surface area (Å²) in [4.78, 5) is 22.3. The molecule has 0 radical (unpaired) electrons. The van der Waals surface area contributed by atoms with Crippen molar-refractivity contribution < 1.29 is 43.0 Å². The van der Waals surface area contributed by atoms with Gasteiger partial charge >= 0.3 is 13.8 Å². The van der Waals surface area contributed by atoms with Crippen LogP contribution in [0.25, 0.3) is 0 Å². The molecule has 0 aromatic carbocycles. The average Bonchev–Trinajstić information content (AvgIpc) is 3.16. The molecule has 0 saturated carbocycles. The number of unbranched alkanes of at least 4 members (excludes halogenated alkanes) is 11. The molecular weight excluding hydrogens is 705 g/mol. The molecule has 0 aromatic rings. The Bertz CT molecular complexity index is 1090. The first-order valence-corrected chi connectivity index (χ1v) is 22.1. The number of carbonyl (C=O) groups is 1. The Morgan fingerprint density at radius 1 is 0.667 bits per heavy atom. The van der Waals surface area contributed by atoms with Crippen LogP contribution in [0.3, 0.4) is 0 Å². The highest BCUT2D eigenvalue weighted by Gasteiger charge is 2.24. The first kappa shape index (κ1) is 51.7. The highest BCUT2D eigenvalue weighted by Crippen LogP contribution is 2.43. The van der Waals surface area contributed by atoms with Crippen molar-refractivity contribution in [2.45, 2.75) is 167 Å². The fourth-order valence-corrected chi connectivity index (χ4v) is 5.94. The van der Waals surface area contributed by atoms with Gasteiger partial charge in [0.25, 0.3) is 0 Å². The summed E-state index contributed by atoms with van der Waals surface area (Å²) < 4.78 is 33.0. The van der Waals surface area contributed by atoms with Crippen LogP contribution in [0.2, 0.25) is 0 Å². The molecule has 0 bridgehead atoms. The van der Waals surface area contributed by atoms with Gasteiger partial charge < -0.3 is 30.3 Å². The topological polar surface area (TPSA) is 158 Å². The fraction of sp³-hybridized carbons (Fsp3) is 0.698. The second-order valence-electron chi connectivity index (χ2n) is 13.5. The molecule has 5 N–H and O–H groups in total. The lowest BCUT2D eigenvalue weighted by molar-refractivity contribution is -0.147. The van der Waals surface area contributed by atoms with Gasteiger partial charge in [-0.05, 0) is 89.5 Å². The maximum atomic E-state index is 12.4. The first-order valence-electron chi connectivity index (χ1n) is 20.6. The van der Waals surface area contributed by atoms with Crippen molar-refractivity contribution in [1.29, 1.82) is 0 Å². The maximum absolute atomic E-state index is 12.4. The van der Waals surface area contributed by atoms with Gasteiger partial charge in [-0.2, -0.15) is 0 Å². The molecule has 10 nitrogen and oxygen atoms in total. The van der Waals surface area contributed by atoms with E-state index in [4.69, 9.17) is 24.3 Å². The lowest BCUT2D eigenvalue weighted by Gasteiger charge is -2.19. The summed E-state index contributed by atoms with van der Waals surface area (Å²) in [5.74, 6) is -0.516. The van der Waals surface area contributed by atoms with Crippen LogP contribution >= 0.6 is 7.82 Å². The highest BCUT2D eigenvalue weighted by atomic mass is 31.2. The summed E-state index contributed by atoms with van der Waals surface area (Å²) in [7, 11) is -4.34. The van der Waals surface area contributed by atoms with E-state index in [1.807, 2.05) is 18.2 Å². The normalized spacial score (nSPS) is 15.4. The van der Waals surface area contributed by atoms with Gasteiger partial charge in [0.2, 0.25) is 0 Å². The Morgan fingerprint density at radius 3 is 1.81 bits per heavy atom. The summed E-state index contributed by atoms with van der Waals surface area (Å²) in [5.41, 5.74) is 5.34. The maximum Gasteiger partial charge on any atom is 0.472 e. The molecule has 4 atom stereocenters. The van der Waals surface area contributed by atoms with Crippen molar-refractivity contribution in [2.75, 3.05) is 26.4 Å². The van der Waals surface area contributed by atoms with Gasteiger partial charge in [-0.25, -0.2) is 4.57 Å². The standard InChI is InChI=1S/C43H76NO9P/c1-3-5-7-9-11-13-15-17-18-19-20-22-24-26-28-30-36-50-40(39-53-54(48,49)52-37-35-44)38-51-43(47)34-31-33-42(46)41(45)32-29-27-25-23-21-16-14-12-10-8-6-4-2/h6,8,12-15,21,23,27,29-30,36,40-42,45-46H,3-5,7,9-11,16-20,22,24-26,28,31-35,37-39,44H2,1-2H3,(H,48,49)/b8-6-,14-12-,15-13-,23-21-,29-27-,36-30+/t40-,41+,42+/m1/s1. The van der Waals surface area contributed by atoms with Crippen LogP contribution in [0.5, 0.6) is 0 Å². The number of phosphoric acid groups is 1. The number of hydrogen-bond donors (Lipinski definition) is 4. The minimum absolute atomic E-state index is 0.0328. The Balaban J connectivity index is 4.38. The summed E-state index contributed by atoms with van der Waals surface area (Å²) in [6, 6.07) is 0. The zero-order chi connectivity index (χ0) is 39.8. The molecule has 0 heterocycles. The molecule has 0 aliphatic rings. The van der Waals surface area contributed by atoms with Crippen LogP contribution in [-0.2, 0) is 27.9 Å². The van der Waals surface area contributed by atoms with Crippen LogP contribution in [0, 0.1) is 0 Å². The predicted molar refractivity (Wildman–Crippen MR) is 222 cm³/mol. The lowest BCUT2D eigenvalue weighted by atomic mass is 10.0. The minimum atomic E-state index is -4.34. The molecule has 312 valence electrons. The van der Waals surface area contributed by atoms with Crippen LogP contribution in [0.4, 0.5) is 0 Å². The third-order valence-electron chi connectivity index (χ3n) is 8.40. The van der Waals surface area contributed by atoms with Gasteiger partial charge in [-0.15, -0.1) is 0 Å². The molecular formula is C43H76NO9P. The zero-order valence-electron chi connectivity index (χ0n) is 33.7. The molecule has 0 aliphatic carbocycles. The molecule has 0 spiro atoms. The quantitative estimate of drug-likeness (QED) is 0.0156. The Labute approximate surface area is 328 Å². The van der Waals surface area contributed by atoms with Crippen molar-refractivity contribution in [1.82, 2.24) is 0 Å². The number of esters is 1. The third-order valence-corrected chi connectivity index (χ3v) is 9.38. The summed E-state index contributed by atoms with van der Waals surface area (Å²) >= 11 is 0. The summed E-state index contributed by atoms with van der Waals surface area (Å²) in [6.07, 6.45) is 41.9. The monoisotopic (exact) mass is 782 g/mol. The first-order chi connectivity index (χ1) is 26.3. The minimum Gasteiger partial charge on any atom is -0.492 e. The second kappa shape index (κ2) is 39.0. The number of aliphatic hydroxyl groups is 2. The molecule has 0 aromatic heterocycles. The molecule has 54 heavy (non-hydrogen) atoms. The van der Waals surface area contributed by atoms with Gasteiger partial charge in [0.05, 0.1) is 31.7 Å². The van der Waals surface area contributed by atoms with E-state index >= 15 is 0 Å². The molecule has 0 rings (SSSR count). The molecule has 0 saturated heterocycles. The van der Waals surface area contributed by atoms with Gasteiger partial charge in [0.1, 0.15) is 6.61 Å². The summed E-state index contributed by atoms with van der Waals surface area (Å²) in [6.45, 7) is 3.72. The van der Waals surface area contributed by atoms with E-state index in [-0.39, 0.29) is 39.2 Å². The van der Waals surface area contributed by atoms with Crippen molar-refractivity contribution in [2.24, 2.45) is 5.73 Å². The predicted octanol–water partition coefficient (Wildman–Crippen LogP) is 10.3. The van der Waals surface area contributed by atoms with E-state index in [0.29, 0.717) is 12.8 Å². The summed E-state index contributed by atoms with van der Waals surface area (Å²) in [5, 5.41) is 20.6. The Kier molecular flexibility index (Phi) is 37.3. The van der Waals surface area contributed by atoms with Crippen molar-refractivity contribution in [3.63, 3.8) is 0 Å². The van der Waals surface area contributed by atoms with E-state index in [0.717, 1.165) is 44.9 Å². The number of aliphatic hydroxyl groups excluding tert-OH is 2. The fourth-order valence-electron chi connectivity index (χ4n) is 5.18. The number of rotatable bonds is 38. The molecule has 1 unspecified atom stereocenters. The van der Waals surface area contributed by atoms with Gasteiger partial charge in [0.15, 0.2) is 6.10 Å². The van der Waals surface area contributed by atoms with Crippen molar-refractivity contribution >= 4 is 13.8 Å². The molecule has 0 amide bonds. The third kappa shape index (κ3) is 36.7. The SMILES string of the molecule is CC/C=C\C/C=C\C/C=C\C/C=C\C[C@H](O)[C@@H](O)CCCC(=O)OC[C@H](COP(=O)(O)OCCN)O/C=C/CCCCCCCC/C=C\CCCCCC. The number of phosphoric ester groups is 1. The smallest absolute Gasteiger partial charge is 0.472 e. The van der Waals surface area contributed by atoms with Gasteiger partial charge in [-0.1, -0.05) is 120 Å². The molecule has 11 heteroatoms. The van der Waals surface area contributed by atoms with Crippen LogP contribution in [-0.4, -0.2) is 65.8 Å². The number of ether oxygens (including phenoxy) is 2. The van der Waals surface area contributed by atoms with Crippen LogP contribution in [0.15, 0.2) is 73.1 Å². The van der Waals surface area contributed by atoms with E-state index < -0.39 is 32.1 Å². The van der Waals surface area contributed by atoms with E-state index in [2.05, 4.69) is 62.5 Å². The van der Waals surface area contributed by atoms with Crippen LogP contribution in [0.1, 0.15) is 149 Å². The highest BCUT2D eigenvalue weighted by molar-refractivity contribution is 7.47. The van der Waals surface area contributed by atoms with Crippen molar-refractivity contribution in [3.05, 3.63) is 73.1 Å². The Morgan fingerprint density at radius 2 is 1.22 bits per heavy atom. The largest absolute Gasteiger partial charge is 0.492 e. The average molecular weight is 782 g/mol. The number of allylic oxidation sites excluding steroid dienone is 10. The molecule has 0 aliphatic heterocycles. The zero-order valence-corrected chi connectivity index (χ0v) is 34.5. The van der Waals surface area contributed by atoms with Crippen LogP contribution < -0.4 is 5.73 Å². The van der Waals surface area contributed by atoms with Gasteiger partial charge in [0, 0.05) is 13.0 Å². The van der Waals surface area contributed by atoms with E-state index in [1.54, 1.807) is 0 Å². The Hall–Kier alpha value is -2.30. The number of hydrogen-bond acceptors (Lipinski definition) is 9. The van der Waals surface area contributed by atoms with E-state index in [9.17, 15) is 24.5 Å². The van der Waals surface area contributed by atoms with E-state index in [1.165, 1.54) is 70.5 Å². The number of carbonyl (C=O) groups excluding carboxylic acids is 1. The molecule has 0 fully saturated rings. The van der Waals surface area contributed by atoms with Crippen molar-refractivity contribution in [3.8, 4) is 0 Å². The van der Waals surface area contributed by atoms with Gasteiger partial charge in [-0.3, -0.25) is 13.8 Å².